The predicted octanol–water partition coefficient (Wildman–Crippen LogP) is 1.13. The smallest absolute Gasteiger partial charge is 0.274 e. The Morgan fingerprint density at radius 3 is 2.54 bits per heavy atom. The van der Waals surface area contributed by atoms with Crippen LogP contribution in [0.25, 0.3) is 0 Å². The molecular formula is C17H16N2O6S. The molecule has 0 unspecified atom stereocenters. The molecule has 9 heteroatoms. The first-order valence-corrected chi connectivity index (χ1v) is 9.49. The lowest BCUT2D eigenvalue weighted by atomic mass is 10.1. The van der Waals surface area contributed by atoms with Crippen molar-refractivity contribution in [1.29, 1.82) is 0 Å². The van der Waals surface area contributed by atoms with Crippen molar-refractivity contribution in [1.82, 2.24) is 5.48 Å². The number of hydroxylamine groups is 1. The average molecular weight is 376 g/mol. The standard InChI is InChI=1S/C17H16N2O6S/c1-26(23,24)13-5-2-11(3-6-13)9-19-14-8-12(17(21)18-22)4-7-15(14)25-10-16(19)20/h2-8,22H,9-10H2,1H3,(H,18,21). The van der Waals surface area contributed by atoms with E-state index < -0.39 is 15.7 Å². The number of benzene rings is 2. The fourth-order valence-corrected chi connectivity index (χ4v) is 3.24. The molecule has 0 radical (unpaired) electrons. The maximum Gasteiger partial charge on any atom is 0.274 e. The first-order valence-electron chi connectivity index (χ1n) is 7.60. The third kappa shape index (κ3) is 3.53. The van der Waals surface area contributed by atoms with Crippen molar-refractivity contribution in [3.8, 4) is 5.75 Å². The summed E-state index contributed by atoms with van der Waals surface area (Å²) in [6, 6.07) is 10.7. The molecule has 0 atom stereocenters. The molecule has 26 heavy (non-hydrogen) atoms. The molecule has 0 bridgehead atoms. The van der Waals surface area contributed by atoms with Crippen LogP contribution in [0.15, 0.2) is 47.4 Å². The molecule has 2 amide bonds. The van der Waals surface area contributed by atoms with Crippen molar-refractivity contribution >= 4 is 27.3 Å². The Balaban J connectivity index is 1.93. The zero-order valence-electron chi connectivity index (χ0n) is 13.8. The van der Waals surface area contributed by atoms with Gasteiger partial charge in [-0.05, 0) is 35.9 Å². The summed E-state index contributed by atoms with van der Waals surface area (Å²) in [7, 11) is -3.30. The van der Waals surface area contributed by atoms with E-state index in [4.69, 9.17) is 9.94 Å². The third-order valence-corrected chi connectivity index (χ3v) is 5.09. The number of nitrogens with one attached hydrogen (secondary N) is 1. The monoisotopic (exact) mass is 376 g/mol. The molecule has 0 aliphatic carbocycles. The highest BCUT2D eigenvalue weighted by atomic mass is 32.2. The third-order valence-electron chi connectivity index (χ3n) is 3.96. The second-order valence-corrected chi connectivity index (χ2v) is 7.82. The second-order valence-electron chi connectivity index (χ2n) is 5.81. The molecule has 1 aliphatic rings. The van der Waals surface area contributed by atoms with Crippen molar-refractivity contribution in [2.75, 3.05) is 17.8 Å². The Labute approximate surface area is 149 Å². The highest BCUT2D eigenvalue weighted by Crippen LogP contribution is 2.34. The van der Waals surface area contributed by atoms with Gasteiger partial charge < -0.3 is 9.64 Å². The van der Waals surface area contributed by atoms with Crippen LogP contribution in [-0.4, -0.2) is 38.3 Å². The van der Waals surface area contributed by atoms with Crippen molar-refractivity contribution in [2.24, 2.45) is 0 Å². The van der Waals surface area contributed by atoms with Crippen LogP contribution in [0.5, 0.6) is 5.75 Å². The Morgan fingerprint density at radius 1 is 1.23 bits per heavy atom. The summed E-state index contributed by atoms with van der Waals surface area (Å²) in [6.45, 7) is 0.0450. The van der Waals surface area contributed by atoms with Crippen LogP contribution in [0.3, 0.4) is 0 Å². The molecule has 0 saturated heterocycles. The summed E-state index contributed by atoms with van der Waals surface area (Å²) < 4.78 is 28.5. The number of amides is 2. The fraction of sp³-hybridized carbons (Fsp3) is 0.176. The number of hydrogen-bond donors (Lipinski definition) is 2. The molecular weight excluding hydrogens is 360 g/mol. The highest BCUT2D eigenvalue weighted by molar-refractivity contribution is 7.90. The average Bonchev–Trinajstić information content (AvgIpc) is 2.62. The summed E-state index contributed by atoms with van der Waals surface area (Å²) in [5.74, 6) is -0.568. The lowest BCUT2D eigenvalue weighted by Gasteiger charge is -2.29. The van der Waals surface area contributed by atoms with E-state index in [1.54, 1.807) is 23.7 Å². The van der Waals surface area contributed by atoms with Gasteiger partial charge in [-0.2, -0.15) is 0 Å². The summed E-state index contributed by atoms with van der Waals surface area (Å²) in [4.78, 5) is 25.5. The number of sulfone groups is 1. The Kier molecular flexibility index (Phi) is 4.66. The SMILES string of the molecule is CS(=O)(=O)c1ccc(CN2C(=O)COc3ccc(C(=O)NO)cc32)cc1. The van der Waals surface area contributed by atoms with Crippen LogP contribution in [-0.2, 0) is 21.2 Å². The van der Waals surface area contributed by atoms with Crippen LogP contribution in [0, 0.1) is 0 Å². The van der Waals surface area contributed by atoms with E-state index >= 15 is 0 Å². The first kappa shape index (κ1) is 17.9. The predicted molar refractivity (Wildman–Crippen MR) is 91.9 cm³/mol. The van der Waals surface area contributed by atoms with E-state index in [0.29, 0.717) is 11.4 Å². The molecule has 1 heterocycles. The summed E-state index contributed by atoms with van der Waals surface area (Å²) >= 11 is 0. The molecule has 2 N–H and O–H groups in total. The number of anilines is 1. The Morgan fingerprint density at radius 2 is 1.92 bits per heavy atom. The summed E-state index contributed by atoms with van der Waals surface area (Å²) in [5, 5.41) is 8.78. The lowest BCUT2D eigenvalue weighted by molar-refractivity contribution is -0.121. The summed E-state index contributed by atoms with van der Waals surface area (Å²) in [5.41, 5.74) is 2.83. The van der Waals surface area contributed by atoms with E-state index in [1.165, 1.54) is 29.2 Å². The fourth-order valence-electron chi connectivity index (χ4n) is 2.61. The van der Waals surface area contributed by atoms with Gasteiger partial charge in [0.25, 0.3) is 11.8 Å². The number of carbonyl (C=O) groups excluding carboxylic acids is 2. The zero-order valence-corrected chi connectivity index (χ0v) is 14.6. The number of hydrogen-bond acceptors (Lipinski definition) is 6. The van der Waals surface area contributed by atoms with Gasteiger partial charge in [-0.3, -0.25) is 14.8 Å². The van der Waals surface area contributed by atoms with Gasteiger partial charge in [0, 0.05) is 11.8 Å². The van der Waals surface area contributed by atoms with Crippen molar-refractivity contribution < 1.29 is 28.0 Å². The van der Waals surface area contributed by atoms with Crippen LogP contribution in [0.4, 0.5) is 5.69 Å². The van der Waals surface area contributed by atoms with Crippen LogP contribution in [0.2, 0.25) is 0 Å². The quantitative estimate of drug-likeness (QED) is 0.611. The van der Waals surface area contributed by atoms with E-state index in [9.17, 15) is 18.0 Å². The van der Waals surface area contributed by atoms with E-state index in [-0.39, 0.29) is 29.5 Å². The minimum atomic E-state index is -3.30. The van der Waals surface area contributed by atoms with Crippen LogP contribution < -0.4 is 15.1 Å². The maximum atomic E-state index is 12.3. The number of rotatable bonds is 4. The minimum Gasteiger partial charge on any atom is -0.482 e. The van der Waals surface area contributed by atoms with Gasteiger partial charge in [-0.25, -0.2) is 13.9 Å². The van der Waals surface area contributed by atoms with Gasteiger partial charge >= 0.3 is 0 Å². The Hall–Kier alpha value is -2.91. The second kappa shape index (κ2) is 6.77. The topological polar surface area (TPSA) is 113 Å². The van der Waals surface area contributed by atoms with E-state index in [1.807, 2.05) is 0 Å². The van der Waals surface area contributed by atoms with Gasteiger partial charge in [-0.15, -0.1) is 0 Å². The van der Waals surface area contributed by atoms with Crippen molar-refractivity contribution in [2.45, 2.75) is 11.4 Å². The van der Waals surface area contributed by atoms with E-state index in [0.717, 1.165) is 11.8 Å². The molecule has 136 valence electrons. The number of nitrogens with zero attached hydrogens (tertiary/aromatic N) is 1. The molecule has 2 aromatic carbocycles. The molecule has 0 saturated carbocycles. The van der Waals surface area contributed by atoms with Crippen molar-refractivity contribution in [3.05, 3.63) is 53.6 Å². The van der Waals surface area contributed by atoms with Crippen molar-refractivity contribution in [3.63, 3.8) is 0 Å². The molecule has 8 nitrogen and oxygen atoms in total. The van der Waals surface area contributed by atoms with Crippen LogP contribution >= 0.6 is 0 Å². The normalized spacial score (nSPS) is 13.8. The number of ether oxygens (including phenoxy) is 1. The van der Waals surface area contributed by atoms with Crippen LogP contribution in [0.1, 0.15) is 15.9 Å². The van der Waals surface area contributed by atoms with E-state index in [2.05, 4.69) is 0 Å². The largest absolute Gasteiger partial charge is 0.482 e. The lowest BCUT2D eigenvalue weighted by Crippen LogP contribution is -2.38. The zero-order chi connectivity index (χ0) is 18.9. The Bertz CT molecular complexity index is 969. The molecule has 1 aliphatic heterocycles. The van der Waals surface area contributed by atoms with Gasteiger partial charge in [-0.1, -0.05) is 12.1 Å². The van der Waals surface area contributed by atoms with Gasteiger partial charge in [0.2, 0.25) is 0 Å². The highest BCUT2D eigenvalue weighted by Gasteiger charge is 2.26. The van der Waals surface area contributed by atoms with Gasteiger partial charge in [0.15, 0.2) is 16.4 Å². The van der Waals surface area contributed by atoms with Gasteiger partial charge in [0.05, 0.1) is 17.1 Å². The van der Waals surface area contributed by atoms with Gasteiger partial charge in [0.1, 0.15) is 5.75 Å². The molecule has 2 aromatic rings. The molecule has 0 fully saturated rings. The number of fused-ring (bicyclic) bond motifs is 1. The molecule has 3 rings (SSSR count). The summed E-state index contributed by atoms with van der Waals surface area (Å²) in [6.07, 6.45) is 1.12. The maximum absolute atomic E-state index is 12.3. The molecule has 0 aromatic heterocycles. The first-order chi connectivity index (χ1) is 12.3. The minimum absolute atomic E-state index is 0.139. The number of carbonyl (C=O) groups is 2. The molecule has 0 spiro atoms.